The maximum absolute atomic E-state index is 12.9. The molecule has 2 amide bonds. The maximum atomic E-state index is 12.9. The highest BCUT2D eigenvalue weighted by atomic mass is 16.5. The molecule has 0 unspecified atom stereocenters. The lowest BCUT2D eigenvalue weighted by Crippen LogP contribution is -2.40. The van der Waals surface area contributed by atoms with E-state index in [1.54, 1.807) is 18.2 Å². The first kappa shape index (κ1) is 19.6. The maximum Gasteiger partial charge on any atom is 0.330 e. The summed E-state index contributed by atoms with van der Waals surface area (Å²) in [6.45, 7) is 6.37. The molecule has 2 aromatic carbocycles. The third-order valence-electron chi connectivity index (χ3n) is 4.69. The summed E-state index contributed by atoms with van der Waals surface area (Å²) in [7, 11) is 0. The molecule has 0 radical (unpaired) electrons. The average Bonchev–Trinajstić information content (AvgIpc) is 2.71. The number of carbonyl (C=O) groups is 3. The molecular formula is C22H23NO5. The van der Waals surface area contributed by atoms with Crippen LogP contribution in [0, 0.1) is 0 Å². The van der Waals surface area contributed by atoms with Gasteiger partial charge in [0.15, 0.2) is 0 Å². The first-order chi connectivity index (χ1) is 13.6. The van der Waals surface area contributed by atoms with E-state index in [0.29, 0.717) is 54.9 Å². The molecule has 146 valence electrons. The van der Waals surface area contributed by atoms with Crippen molar-refractivity contribution in [3.63, 3.8) is 0 Å². The number of hydrogen-bond acceptors (Lipinski definition) is 5. The minimum atomic E-state index is -0.447. The molecule has 6 heteroatoms. The molecule has 0 saturated heterocycles. The molecule has 0 aromatic heterocycles. The fourth-order valence-electron chi connectivity index (χ4n) is 3.38. The zero-order chi connectivity index (χ0) is 20.1. The van der Waals surface area contributed by atoms with Crippen molar-refractivity contribution < 1.29 is 23.9 Å². The van der Waals surface area contributed by atoms with Crippen LogP contribution in [0.25, 0.3) is 10.8 Å². The molecule has 0 aliphatic carbocycles. The van der Waals surface area contributed by atoms with Crippen molar-refractivity contribution in [3.05, 3.63) is 54.1 Å². The van der Waals surface area contributed by atoms with Gasteiger partial charge in [-0.3, -0.25) is 14.5 Å². The molecule has 3 rings (SSSR count). The van der Waals surface area contributed by atoms with Gasteiger partial charge in [0.05, 0.1) is 13.2 Å². The van der Waals surface area contributed by atoms with Crippen molar-refractivity contribution in [2.45, 2.75) is 26.2 Å². The molecule has 0 bridgehead atoms. The number of benzene rings is 2. The number of amides is 2. The number of imide groups is 1. The van der Waals surface area contributed by atoms with Gasteiger partial charge in [-0.25, -0.2) is 4.79 Å². The van der Waals surface area contributed by atoms with E-state index in [2.05, 4.69) is 6.58 Å². The third kappa shape index (κ3) is 3.76. The molecule has 0 fully saturated rings. The van der Waals surface area contributed by atoms with Crippen molar-refractivity contribution in [2.75, 3.05) is 19.8 Å². The predicted octanol–water partition coefficient (Wildman–Crippen LogP) is 3.73. The highest BCUT2D eigenvalue weighted by molar-refractivity contribution is 6.26. The summed E-state index contributed by atoms with van der Waals surface area (Å²) in [6.07, 6.45) is 3.17. The van der Waals surface area contributed by atoms with Gasteiger partial charge in [-0.1, -0.05) is 18.7 Å². The summed E-state index contributed by atoms with van der Waals surface area (Å²) in [5.41, 5.74) is 1.04. The Morgan fingerprint density at radius 1 is 1.07 bits per heavy atom. The predicted molar refractivity (Wildman–Crippen MR) is 105 cm³/mol. The summed E-state index contributed by atoms with van der Waals surface area (Å²) >= 11 is 0. The molecule has 28 heavy (non-hydrogen) atoms. The Bertz CT molecular complexity index is 912. The Morgan fingerprint density at radius 2 is 1.82 bits per heavy atom. The van der Waals surface area contributed by atoms with Crippen molar-refractivity contribution in [1.29, 1.82) is 0 Å². The molecule has 1 aliphatic rings. The van der Waals surface area contributed by atoms with Crippen molar-refractivity contribution >= 4 is 28.6 Å². The van der Waals surface area contributed by atoms with E-state index in [1.165, 1.54) is 4.90 Å². The average molecular weight is 381 g/mol. The summed E-state index contributed by atoms with van der Waals surface area (Å²) in [5.74, 6) is -0.339. The molecular weight excluding hydrogens is 358 g/mol. The summed E-state index contributed by atoms with van der Waals surface area (Å²) < 4.78 is 10.6. The van der Waals surface area contributed by atoms with Gasteiger partial charge in [-0.15, -0.1) is 0 Å². The molecule has 0 N–H and O–H groups in total. The fourth-order valence-corrected chi connectivity index (χ4v) is 3.38. The third-order valence-corrected chi connectivity index (χ3v) is 4.69. The van der Waals surface area contributed by atoms with E-state index in [9.17, 15) is 14.4 Å². The number of hydrogen-bond donors (Lipinski definition) is 0. The monoisotopic (exact) mass is 381 g/mol. The standard InChI is InChI=1S/C22H23NO5/c1-3-19(24)28-14-7-5-6-13-23-21(25)16-10-8-9-15-18(27-4-2)12-11-17(20(15)16)22(23)26/h3,8-12H,1,4-7,13-14H2,2H3. The van der Waals surface area contributed by atoms with Crippen LogP contribution in [0.5, 0.6) is 5.75 Å². The van der Waals surface area contributed by atoms with Gasteiger partial charge >= 0.3 is 5.97 Å². The van der Waals surface area contributed by atoms with Crippen LogP contribution in [-0.4, -0.2) is 42.4 Å². The minimum absolute atomic E-state index is 0.283. The Kier molecular flexibility index (Phi) is 6.09. The molecule has 0 spiro atoms. The van der Waals surface area contributed by atoms with Crippen molar-refractivity contribution in [2.24, 2.45) is 0 Å². The lowest BCUT2D eigenvalue weighted by atomic mass is 9.93. The Hall–Kier alpha value is -3.15. The minimum Gasteiger partial charge on any atom is -0.493 e. The lowest BCUT2D eigenvalue weighted by Gasteiger charge is -2.27. The van der Waals surface area contributed by atoms with Gasteiger partial charge in [0.25, 0.3) is 11.8 Å². The summed E-state index contributed by atoms with van der Waals surface area (Å²) in [4.78, 5) is 38.1. The number of unbranched alkanes of at least 4 members (excludes halogenated alkanes) is 2. The van der Waals surface area contributed by atoms with E-state index in [-0.39, 0.29) is 11.8 Å². The summed E-state index contributed by atoms with van der Waals surface area (Å²) in [6, 6.07) is 8.94. The lowest BCUT2D eigenvalue weighted by molar-refractivity contribution is -0.137. The molecule has 0 atom stereocenters. The molecule has 0 saturated carbocycles. The van der Waals surface area contributed by atoms with E-state index < -0.39 is 5.97 Å². The van der Waals surface area contributed by atoms with Gasteiger partial charge in [0, 0.05) is 34.5 Å². The first-order valence-corrected chi connectivity index (χ1v) is 9.42. The van der Waals surface area contributed by atoms with E-state index in [4.69, 9.17) is 9.47 Å². The number of ether oxygens (including phenoxy) is 2. The van der Waals surface area contributed by atoms with E-state index in [0.717, 1.165) is 17.9 Å². The molecule has 1 aliphatic heterocycles. The van der Waals surface area contributed by atoms with Crippen LogP contribution < -0.4 is 4.74 Å². The van der Waals surface area contributed by atoms with E-state index in [1.807, 2.05) is 19.1 Å². The molecule has 6 nitrogen and oxygen atoms in total. The zero-order valence-electron chi connectivity index (χ0n) is 15.9. The Labute approximate surface area is 163 Å². The number of nitrogens with zero attached hydrogens (tertiary/aromatic N) is 1. The second-order valence-electron chi connectivity index (χ2n) is 6.47. The number of rotatable bonds is 9. The fraction of sp³-hybridized carbons (Fsp3) is 0.318. The summed E-state index contributed by atoms with van der Waals surface area (Å²) in [5, 5.41) is 1.44. The normalized spacial score (nSPS) is 13.0. The van der Waals surface area contributed by atoms with Gasteiger partial charge in [0.2, 0.25) is 0 Å². The highest BCUT2D eigenvalue weighted by Crippen LogP contribution is 2.35. The van der Waals surface area contributed by atoms with Crippen LogP contribution in [0.3, 0.4) is 0 Å². The highest BCUT2D eigenvalue weighted by Gasteiger charge is 2.33. The van der Waals surface area contributed by atoms with Crippen LogP contribution in [-0.2, 0) is 9.53 Å². The number of carbonyl (C=O) groups excluding carboxylic acids is 3. The van der Waals surface area contributed by atoms with E-state index >= 15 is 0 Å². The molecule has 2 aromatic rings. The smallest absolute Gasteiger partial charge is 0.330 e. The zero-order valence-corrected chi connectivity index (χ0v) is 15.9. The van der Waals surface area contributed by atoms with Gasteiger partial charge in [0.1, 0.15) is 5.75 Å². The van der Waals surface area contributed by atoms with Gasteiger partial charge in [-0.2, -0.15) is 0 Å². The van der Waals surface area contributed by atoms with Gasteiger partial charge in [-0.05, 0) is 44.4 Å². The van der Waals surface area contributed by atoms with Crippen LogP contribution in [0.2, 0.25) is 0 Å². The van der Waals surface area contributed by atoms with Crippen LogP contribution >= 0.6 is 0 Å². The first-order valence-electron chi connectivity index (χ1n) is 9.42. The quantitative estimate of drug-likeness (QED) is 0.286. The second-order valence-corrected chi connectivity index (χ2v) is 6.47. The van der Waals surface area contributed by atoms with Crippen LogP contribution in [0.15, 0.2) is 43.0 Å². The van der Waals surface area contributed by atoms with Gasteiger partial charge < -0.3 is 9.47 Å². The molecule has 1 heterocycles. The Balaban J connectivity index is 1.72. The second kappa shape index (κ2) is 8.69. The van der Waals surface area contributed by atoms with Crippen LogP contribution in [0.4, 0.5) is 0 Å². The SMILES string of the molecule is C=CC(=O)OCCCCCN1C(=O)c2cccc3c(OCC)ccc(c23)C1=O. The van der Waals surface area contributed by atoms with Crippen molar-refractivity contribution in [1.82, 2.24) is 4.90 Å². The number of esters is 1. The van der Waals surface area contributed by atoms with Crippen LogP contribution in [0.1, 0.15) is 46.9 Å². The largest absolute Gasteiger partial charge is 0.493 e. The topological polar surface area (TPSA) is 72.9 Å². The Morgan fingerprint density at radius 3 is 2.54 bits per heavy atom. The van der Waals surface area contributed by atoms with Crippen molar-refractivity contribution in [3.8, 4) is 5.75 Å².